The molecule has 4 rings (SSSR count). The van der Waals surface area contributed by atoms with Gasteiger partial charge in [0.2, 0.25) is 0 Å². The zero-order chi connectivity index (χ0) is 18.8. The molecule has 1 aliphatic rings. The van der Waals surface area contributed by atoms with Crippen molar-refractivity contribution in [3.05, 3.63) is 82.8 Å². The molecule has 0 unspecified atom stereocenters. The van der Waals surface area contributed by atoms with E-state index >= 15 is 0 Å². The van der Waals surface area contributed by atoms with Gasteiger partial charge < -0.3 is 10.2 Å². The molecular weight excluding hydrogens is 336 g/mol. The highest BCUT2D eigenvalue weighted by molar-refractivity contribution is 5.92. The van der Waals surface area contributed by atoms with E-state index in [0.29, 0.717) is 24.6 Å². The summed E-state index contributed by atoms with van der Waals surface area (Å²) in [6.07, 6.45) is 4.05. The second kappa shape index (κ2) is 7.19. The summed E-state index contributed by atoms with van der Waals surface area (Å²) in [5.74, 6) is 0.559. The maximum Gasteiger partial charge on any atom is 0.274 e. The molecule has 0 spiro atoms. The fourth-order valence-corrected chi connectivity index (χ4v) is 3.47. The van der Waals surface area contributed by atoms with E-state index in [1.807, 2.05) is 23.1 Å². The van der Waals surface area contributed by atoms with Gasteiger partial charge in [-0.1, -0.05) is 42.5 Å². The number of hydrogen-bond acceptors (Lipinski definition) is 4. The van der Waals surface area contributed by atoms with Gasteiger partial charge in [0.15, 0.2) is 0 Å². The highest BCUT2D eigenvalue weighted by Gasteiger charge is 2.22. The number of aryl methyl sites for hydroxylation is 2. The van der Waals surface area contributed by atoms with E-state index in [4.69, 9.17) is 0 Å². The van der Waals surface area contributed by atoms with Gasteiger partial charge in [-0.2, -0.15) is 0 Å². The van der Waals surface area contributed by atoms with Crippen LogP contribution in [-0.4, -0.2) is 27.3 Å². The Bertz CT molecular complexity index is 962. The normalized spacial score (nSPS) is 13.2. The monoisotopic (exact) mass is 358 g/mol. The van der Waals surface area contributed by atoms with Crippen molar-refractivity contribution in [2.75, 3.05) is 11.9 Å². The lowest BCUT2D eigenvalue weighted by Gasteiger charge is -2.28. The maximum atomic E-state index is 12.8. The van der Waals surface area contributed by atoms with Gasteiger partial charge in [-0.3, -0.25) is 4.79 Å². The Labute approximate surface area is 159 Å². The Morgan fingerprint density at radius 1 is 0.963 bits per heavy atom. The molecule has 1 N–H and O–H groups in total. The first-order valence-electron chi connectivity index (χ1n) is 9.13. The zero-order valence-electron chi connectivity index (χ0n) is 15.6. The average Bonchev–Trinajstić information content (AvgIpc) is 2.70. The van der Waals surface area contributed by atoms with Gasteiger partial charge in [0, 0.05) is 18.8 Å². The van der Waals surface area contributed by atoms with Crippen LogP contribution in [0, 0.1) is 13.8 Å². The van der Waals surface area contributed by atoms with Crippen LogP contribution in [0.3, 0.4) is 0 Å². The minimum Gasteiger partial charge on any atom is -0.339 e. The number of amides is 1. The molecular formula is C22H22N4O. The molecule has 1 aliphatic heterocycles. The van der Waals surface area contributed by atoms with E-state index in [0.717, 1.165) is 23.2 Å². The highest BCUT2D eigenvalue weighted by atomic mass is 16.2. The molecule has 5 heteroatoms. The zero-order valence-corrected chi connectivity index (χ0v) is 15.6. The molecule has 2 aromatic carbocycles. The number of nitrogens with one attached hydrogen (secondary N) is 1. The van der Waals surface area contributed by atoms with Crippen LogP contribution in [0.2, 0.25) is 0 Å². The van der Waals surface area contributed by atoms with Crippen LogP contribution in [0.15, 0.2) is 54.9 Å². The van der Waals surface area contributed by atoms with E-state index < -0.39 is 0 Å². The minimum absolute atomic E-state index is 0.0735. The second-order valence-electron chi connectivity index (χ2n) is 6.92. The summed E-state index contributed by atoms with van der Waals surface area (Å²) in [6, 6.07) is 14.4. The van der Waals surface area contributed by atoms with Gasteiger partial charge in [0.1, 0.15) is 11.5 Å². The summed E-state index contributed by atoms with van der Waals surface area (Å²) < 4.78 is 0. The van der Waals surface area contributed by atoms with E-state index in [1.54, 1.807) is 12.4 Å². The fraction of sp³-hybridized carbons (Fsp3) is 0.227. The minimum atomic E-state index is -0.0735. The Kier molecular flexibility index (Phi) is 4.59. The third-order valence-corrected chi connectivity index (χ3v) is 5.02. The summed E-state index contributed by atoms with van der Waals surface area (Å²) in [4.78, 5) is 23.4. The Balaban J connectivity index is 1.48. The lowest BCUT2D eigenvalue weighted by atomic mass is 10.00. The van der Waals surface area contributed by atoms with Crippen LogP contribution in [-0.2, 0) is 13.0 Å². The molecule has 5 nitrogen and oxygen atoms in total. The van der Waals surface area contributed by atoms with Crippen molar-refractivity contribution >= 4 is 17.4 Å². The molecule has 0 bridgehead atoms. The molecule has 3 aromatic rings. The van der Waals surface area contributed by atoms with Gasteiger partial charge in [0.05, 0.1) is 12.4 Å². The summed E-state index contributed by atoms with van der Waals surface area (Å²) in [6.45, 7) is 5.43. The molecule has 27 heavy (non-hydrogen) atoms. The van der Waals surface area contributed by atoms with Crippen molar-refractivity contribution in [3.63, 3.8) is 0 Å². The molecule has 136 valence electrons. The number of aromatic nitrogens is 2. The van der Waals surface area contributed by atoms with Gasteiger partial charge in [-0.15, -0.1) is 0 Å². The third-order valence-electron chi connectivity index (χ3n) is 5.02. The number of carbonyl (C=O) groups is 1. The number of anilines is 2. The Morgan fingerprint density at radius 3 is 2.41 bits per heavy atom. The number of benzene rings is 2. The topological polar surface area (TPSA) is 58.1 Å². The first kappa shape index (κ1) is 17.2. The van der Waals surface area contributed by atoms with Crippen LogP contribution in [0.25, 0.3) is 0 Å². The Morgan fingerprint density at radius 2 is 1.70 bits per heavy atom. The van der Waals surface area contributed by atoms with Gasteiger partial charge in [0.25, 0.3) is 5.91 Å². The van der Waals surface area contributed by atoms with E-state index in [-0.39, 0.29) is 5.91 Å². The average molecular weight is 358 g/mol. The number of carbonyl (C=O) groups excluding carboxylic acids is 1. The van der Waals surface area contributed by atoms with Crippen molar-refractivity contribution in [1.29, 1.82) is 0 Å². The molecule has 1 amide bonds. The van der Waals surface area contributed by atoms with Crippen LogP contribution in [0.4, 0.5) is 11.5 Å². The standard InChI is InChI=1S/C22H22N4O/c1-15-6-5-7-16(2)21(15)25-20-13-23-19(12-24-20)22(27)26-11-10-17-8-3-4-9-18(17)14-26/h3-9,12-13H,10-11,14H2,1-2H3,(H,24,25). The first-order valence-corrected chi connectivity index (χ1v) is 9.13. The van der Waals surface area contributed by atoms with Crippen LogP contribution in [0.5, 0.6) is 0 Å². The van der Waals surface area contributed by atoms with Gasteiger partial charge >= 0.3 is 0 Å². The lowest BCUT2D eigenvalue weighted by molar-refractivity contribution is 0.0728. The first-order chi connectivity index (χ1) is 13.1. The maximum absolute atomic E-state index is 12.8. The van der Waals surface area contributed by atoms with E-state index in [1.165, 1.54) is 11.1 Å². The number of fused-ring (bicyclic) bond motifs is 1. The third kappa shape index (κ3) is 3.53. The van der Waals surface area contributed by atoms with Crippen molar-refractivity contribution < 1.29 is 4.79 Å². The predicted octanol–water partition coefficient (Wildman–Crippen LogP) is 4.04. The lowest BCUT2D eigenvalue weighted by Crippen LogP contribution is -2.36. The molecule has 0 aliphatic carbocycles. The number of nitrogens with zero attached hydrogens (tertiary/aromatic N) is 3. The van der Waals surface area contributed by atoms with Crippen LogP contribution < -0.4 is 5.32 Å². The van der Waals surface area contributed by atoms with Gasteiger partial charge in [-0.05, 0) is 42.5 Å². The number of hydrogen-bond donors (Lipinski definition) is 1. The van der Waals surface area contributed by atoms with Crippen molar-refractivity contribution in [3.8, 4) is 0 Å². The Hall–Kier alpha value is -3.21. The number of rotatable bonds is 3. The second-order valence-corrected chi connectivity index (χ2v) is 6.92. The van der Waals surface area contributed by atoms with Crippen molar-refractivity contribution in [1.82, 2.24) is 14.9 Å². The molecule has 0 saturated carbocycles. The van der Waals surface area contributed by atoms with Crippen molar-refractivity contribution in [2.24, 2.45) is 0 Å². The van der Waals surface area contributed by atoms with Crippen LogP contribution >= 0.6 is 0 Å². The predicted molar refractivity (Wildman–Crippen MR) is 106 cm³/mol. The summed E-state index contributed by atoms with van der Waals surface area (Å²) >= 11 is 0. The summed E-state index contributed by atoms with van der Waals surface area (Å²) in [5.41, 5.74) is 6.21. The smallest absolute Gasteiger partial charge is 0.274 e. The molecule has 0 radical (unpaired) electrons. The quantitative estimate of drug-likeness (QED) is 0.768. The van der Waals surface area contributed by atoms with Gasteiger partial charge in [-0.25, -0.2) is 9.97 Å². The largest absolute Gasteiger partial charge is 0.339 e. The fourth-order valence-electron chi connectivity index (χ4n) is 3.47. The highest BCUT2D eigenvalue weighted by Crippen LogP contribution is 2.23. The molecule has 1 aromatic heterocycles. The summed E-state index contributed by atoms with van der Waals surface area (Å²) in [7, 11) is 0. The van der Waals surface area contributed by atoms with Crippen LogP contribution in [0.1, 0.15) is 32.7 Å². The van der Waals surface area contributed by atoms with Crippen molar-refractivity contribution in [2.45, 2.75) is 26.8 Å². The molecule has 2 heterocycles. The number of para-hydroxylation sites is 1. The van der Waals surface area contributed by atoms with E-state index in [2.05, 4.69) is 53.4 Å². The SMILES string of the molecule is Cc1cccc(C)c1Nc1cnc(C(=O)N2CCc3ccccc3C2)cn1. The molecule has 0 atom stereocenters. The molecule has 0 fully saturated rings. The van der Waals surface area contributed by atoms with E-state index in [9.17, 15) is 4.79 Å². The molecule has 0 saturated heterocycles. The summed E-state index contributed by atoms with van der Waals surface area (Å²) in [5, 5.41) is 3.30.